The lowest BCUT2D eigenvalue weighted by molar-refractivity contribution is 0.0898. The first kappa shape index (κ1) is 30.8. The number of fused-ring (bicyclic) bond motifs is 2. The molecular weight excluding hydrogens is 581 g/mol. The summed E-state index contributed by atoms with van der Waals surface area (Å²) < 4.78 is 15.2. The summed E-state index contributed by atoms with van der Waals surface area (Å²) in [5.41, 5.74) is 7.22. The van der Waals surface area contributed by atoms with Gasteiger partial charge in [-0.25, -0.2) is 9.97 Å². The van der Waals surface area contributed by atoms with Crippen molar-refractivity contribution in [2.24, 2.45) is 0 Å². The van der Waals surface area contributed by atoms with Crippen LogP contribution >= 0.6 is 34.8 Å². The molecule has 38 heavy (non-hydrogen) atoms. The third-order valence-electron chi connectivity index (χ3n) is 5.62. The van der Waals surface area contributed by atoms with Crippen LogP contribution in [0.2, 0.25) is 67.1 Å². The minimum absolute atomic E-state index is 0.152. The molecule has 0 atom stereocenters. The Bertz CT molecular complexity index is 1260. The number of nitrogens with zero attached hydrogens (tertiary/aromatic N) is 6. The molecule has 208 valence electrons. The lowest BCUT2D eigenvalue weighted by Gasteiger charge is -2.15. The van der Waals surface area contributed by atoms with Crippen molar-refractivity contribution in [3.63, 3.8) is 0 Å². The molecule has 0 spiro atoms. The molecule has 2 N–H and O–H groups in total. The number of anilines is 1. The van der Waals surface area contributed by atoms with Gasteiger partial charge in [-0.15, -0.1) is 0 Å². The second kappa shape index (κ2) is 13.1. The summed E-state index contributed by atoms with van der Waals surface area (Å²) in [5.74, 6) is 0.399. The van der Waals surface area contributed by atoms with Gasteiger partial charge in [-0.3, -0.25) is 0 Å². The van der Waals surface area contributed by atoms with Gasteiger partial charge in [0.25, 0.3) is 0 Å². The van der Waals surface area contributed by atoms with E-state index in [-0.39, 0.29) is 10.6 Å². The lowest BCUT2D eigenvalue weighted by atomic mass is 10.4. The van der Waals surface area contributed by atoms with Crippen LogP contribution in [0.1, 0.15) is 0 Å². The normalized spacial score (nSPS) is 12.2. The fraction of sp³-hybridized carbons (Fsp3) is 0.500. The van der Waals surface area contributed by atoms with Crippen molar-refractivity contribution in [2.75, 3.05) is 18.9 Å². The summed E-state index contributed by atoms with van der Waals surface area (Å²) in [7, 11) is -2.10. The van der Waals surface area contributed by atoms with Gasteiger partial charge in [-0.2, -0.15) is 9.97 Å². The monoisotopic (exact) mass is 615 g/mol. The molecular formula is C24H36Cl3N7O2Si2. The van der Waals surface area contributed by atoms with Crippen LogP contribution in [-0.4, -0.2) is 58.4 Å². The molecule has 4 heterocycles. The number of halogens is 3. The highest BCUT2D eigenvalue weighted by Crippen LogP contribution is 2.23. The number of rotatable bonds is 10. The first-order valence-corrected chi connectivity index (χ1v) is 20.9. The Hall–Kier alpha value is -1.74. The molecule has 0 fully saturated rings. The maximum Gasteiger partial charge on any atom is 0.226 e. The Morgan fingerprint density at radius 3 is 1.66 bits per heavy atom. The Labute approximate surface area is 240 Å². The van der Waals surface area contributed by atoms with Crippen LogP contribution in [-0.2, 0) is 22.9 Å². The van der Waals surface area contributed by atoms with Gasteiger partial charge in [-0.1, -0.05) is 50.9 Å². The maximum absolute atomic E-state index is 6.01. The van der Waals surface area contributed by atoms with Crippen molar-refractivity contribution < 1.29 is 9.47 Å². The van der Waals surface area contributed by atoms with Crippen molar-refractivity contribution >= 4 is 78.8 Å². The van der Waals surface area contributed by atoms with Gasteiger partial charge in [0.1, 0.15) is 35.7 Å². The van der Waals surface area contributed by atoms with Crippen LogP contribution < -0.4 is 5.73 Å². The lowest BCUT2D eigenvalue weighted by Crippen LogP contribution is -2.22. The predicted octanol–water partition coefficient (Wildman–Crippen LogP) is 7.03. The van der Waals surface area contributed by atoms with E-state index in [0.717, 1.165) is 36.1 Å². The zero-order valence-electron chi connectivity index (χ0n) is 22.8. The maximum atomic E-state index is 6.01. The van der Waals surface area contributed by atoms with E-state index in [1.807, 2.05) is 33.7 Å². The first-order valence-electron chi connectivity index (χ1n) is 12.3. The van der Waals surface area contributed by atoms with Crippen molar-refractivity contribution in [2.45, 2.75) is 64.8 Å². The van der Waals surface area contributed by atoms with Crippen molar-refractivity contribution in [3.05, 3.63) is 40.2 Å². The summed E-state index contributed by atoms with van der Waals surface area (Å²) in [5, 5.41) is 2.28. The van der Waals surface area contributed by atoms with Crippen LogP contribution in [0.5, 0.6) is 0 Å². The Kier molecular flexibility index (Phi) is 10.6. The van der Waals surface area contributed by atoms with Crippen LogP contribution in [0.3, 0.4) is 0 Å². The third-order valence-corrected chi connectivity index (χ3v) is 9.65. The van der Waals surface area contributed by atoms with Gasteiger partial charge in [0.05, 0.1) is 10.8 Å². The van der Waals surface area contributed by atoms with Gasteiger partial charge in [0.2, 0.25) is 10.6 Å². The van der Waals surface area contributed by atoms with Crippen LogP contribution in [0.25, 0.3) is 22.1 Å². The molecule has 4 aromatic heterocycles. The van der Waals surface area contributed by atoms with E-state index < -0.39 is 16.1 Å². The molecule has 0 aliphatic heterocycles. The number of hydrogen-bond acceptors (Lipinski definition) is 7. The molecule has 9 nitrogen and oxygen atoms in total. The number of nitrogens with two attached hydrogens (primary N) is 1. The van der Waals surface area contributed by atoms with E-state index in [9.17, 15) is 0 Å². The first-order chi connectivity index (χ1) is 17.7. The van der Waals surface area contributed by atoms with Crippen molar-refractivity contribution in [1.29, 1.82) is 0 Å². The summed E-state index contributed by atoms with van der Waals surface area (Å²) in [6.45, 7) is 16.4. The summed E-state index contributed by atoms with van der Waals surface area (Å²) >= 11 is 17.7. The SMILES string of the molecule is C[Si](C)(C)CCOCn1ccc2c(Cl)nc(Cl)nc21.C[Si](C)(C)CCOCn1ccc2c(N)nc(Cl)nc21. The summed E-state index contributed by atoms with van der Waals surface area (Å²) in [4.78, 5) is 16.2. The van der Waals surface area contributed by atoms with Gasteiger partial charge in [-0.05, 0) is 47.4 Å². The molecule has 0 aromatic carbocycles. The predicted molar refractivity (Wildman–Crippen MR) is 163 cm³/mol. The van der Waals surface area contributed by atoms with Crippen LogP contribution in [0.15, 0.2) is 24.5 Å². The zero-order valence-corrected chi connectivity index (χ0v) is 27.0. The highest BCUT2D eigenvalue weighted by Gasteiger charge is 2.14. The number of hydrogen-bond donors (Lipinski definition) is 1. The summed E-state index contributed by atoms with van der Waals surface area (Å²) in [6.07, 6.45) is 3.77. The highest BCUT2D eigenvalue weighted by molar-refractivity contribution is 6.76. The van der Waals surface area contributed by atoms with Gasteiger partial charge in [0, 0.05) is 41.8 Å². The smallest absolute Gasteiger partial charge is 0.226 e. The van der Waals surface area contributed by atoms with Crippen LogP contribution in [0, 0.1) is 0 Å². The Morgan fingerprint density at radius 2 is 1.16 bits per heavy atom. The quantitative estimate of drug-likeness (QED) is 0.0882. The molecule has 14 heteroatoms. The zero-order chi connectivity index (χ0) is 28.1. The van der Waals surface area contributed by atoms with Crippen LogP contribution in [0.4, 0.5) is 5.82 Å². The van der Waals surface area contributed by atoms with Crippen molar-refractivity contribution in [1.82, 2.24) is 29.1 Å². The molecule has 0 aliphatic carbocycles. The van der Waals surface area contributed by atoms with E-state index in [4.69, 9.17) is 50.0 Å². The van der Waals surface area contributed by atoms with E-state index in [1.54, 1.807) is 0 Å². The molecule has 0 unspecified atom stereocenters. The topological polar surface area (TPSA) is 106 Å². The molecule has 0 saturated heterocycles. The standard InChI is InChI=1S/C12H17Cl2N3OSi.C12H19ClN4OSi/c1-19(2,3)7-6-18-8-17-5-4-9-10(13)15-12(14)16-11(9)17;1-19(2,3)7-6-18-8-17-5-4-9-10(14)15-12(13)16-11(9)17/h4-5H,6-8H2,1-3H3;4-5H,6-8H2,1-3H3,(H2,14,15,16). The summed E-state index contributed by atoms with van der Waals surface area (Å²) in [6, 6.07) is 6.03. The minimum Gasteiger partial charge on any atom is -0.383 e. The molecule has 0 radical (unpaired) electrons. The van der Waals surface area contributed by atoms with Crippen molar-refractivity contribution in [3.8, 4) is 0 Å². The van der Waals surface area contributed by atoms with Gasteiger partial charge < -0.3 is 24.3 Å². The molecule has 0 amide bonds. The van der Waals surface area contributed by atoms with E-state index in [0.29, 0.717) is 35.7 Å². The Balaban J connectivity index is 0.000000211. The molecule has 4 rings (SSSR count). The largest absolute Gasteiger partial charge is 0.383 e. The molecule has 4 aromatic rings. The highest BCUT2D eigenvalue weighted by atomic mass is 35.5. The number of nitrogen functional groups attached to an aromatic ring is 1. The van der Waals surface area contributed by atoms with Gasteiger partial charge >= 0.3 is 0 Å². The fourth-order valence-electron chi connectivity index (χ4n) is 3.36. The molecule has 0 saturated carbocycles. The fourth-order valence-corrected chi connectivity index (χ4v) is 5.47. The van der Waals surface area contributed by atoms with E-state index >= 15 is 0 Å². The second-order valence-electron chi connectivity index (χ2n) is 11.4. The molecule has 0 aliphatic rings. The Morgan fingerprint density at radius 1 is 0.711 bits per heavy atom. The second-order valence-corrected chi connectivity index (χ2v) is 23.7. The number of ether oxygens (including phenoxy) is 2. The average Bonchev–Trinajstić information content (AvgIpc) is 3.38. The number of aromatic nitrogens is 6. The average molecular weight is 617 g/mol. The minimum atomic E-state index is -1.05. The molecule has 0 bridgehead atoms. The van der Waals surface area contributed by atoms with E-state index in [2.05, 4.69) is 59.2 Å². The van der Waals surface area contributed by atoms with Gasteiger partial charge in [0.15, 0.2) is 0 Å². The van der Waals surface area contributed by atoms with E-state index in [1.165, 1.54) is 0 Å². The third kappa shape index (κ3) is 9.18.